The fourth-order valence-electron chi connectivity index (χ4n) is 3.69. The molecule has 2 aromatic rings. The topological polar surface area (TPSA) is 51.7 Å². The third-order valence-electron chi connectivity index (χ3n) is 5.19. The highest BCUT2D eigenvalue weighted by atomic mass is 16.5. The minimum Gasteiger partial charge on any atom is -0.492 e. The first-order valence-corrected chi connectivity index (χ1v) is 9.29. The number of hydrogen-bond donors (Lipinski definition) is 0. The number of carbonyl (C=O) groups excluding carboxylic acids is 1. The van der Waals surface area contributed by atoms with Gasteiger partial charge in [0.2, 0.25) is 5.91 Å². The highest BCUT2D eigenvalue weighted by Gasteiger charge is 2.31. The minimum absolute atomic E-state index is 0.0715. The van der Waals surface area contributed by atoms with E-state index >= 15 is 0 Å². The molecule has 1 unspecified atom stereocenters. The summed E-state index contributed by atoms with van der Waals surface area (Å²) in [6.45, 7) is 2.58. The number of pyridine rings is 1. The average molecular weight is 352 g/mol. The van der Waals surface area contributed by atoms with Gasteiger partial charge >= 0.3 is 0 Å². The van der Waals surface area contributed by atoms with Crippen LogP contribution in [0.5, 0.6) is 5.75 Å². The lowest BCUT2D eigenvalue weighted by molar-refractivity contribution is -0.139. The monoisotopic (exact) mass is 352 g/mol. The summed E-state index contributed by atoms with van der Waals surface area (Å²) in [7, 11) is 0. The third kappa shape index (κ3) is 3.88. The highest BCUT2D eigenvalue weighted by molar-refractivity contribution is 5.80. The van der Waals surface area contributed by atoms with E-state index in [4.69, 9.17) is 9.47 Å². The van der Waals surface area contributed by atoms with Gasteiger partial charge < -0.3 is 14.4 Å². The van der Waals surface area contributed by atoms with Gasteiger partial charge in [-0.25, -0.2) is 0 Å². The fraction of sp³-hybridized carbons (Fsp3) is 0.429. The van der Waals surface area contributed by atoms with Gasteiger partial charge in [-0.15, -0.1) is 0 Å². The van der Waals surface area contributed by atoms with E-state index in [1.54, 1.807) is 6.20 Å². The normalized spacial score (nSPS) is 20.3. The molecule has 1 atom stereocenters. The van der Waals surface area contributed by atoms with Crippen LogP contribution in [0.15, 0.2) is 48.8 Å². The van der Waals surface area contributed by atoms with Crippen molar-refractivity contribution in [3.8, 4) is 5.75 Å². The second kappa shape index (κ2) is 7.87. The van der Waals surface area contributed by atoms with Gasteiger partial charge in [-0.1, -0.05) is 24.3 Å². The summed E-state index contributed by atoms with van der Waals surface area (Å²) in [6.07, 6.45) is 6.35. The third-order valence-corrected chi connectivity index (χ3v) is 5.19. The van der Waals surface area contributed by atoms with Crippen molar-refractivity contribution in [2.45, 2.75) is 32.0 Å². The van der Waals surface area contributed by atoms with E-state index in [0.29, 0.717) is 13.2 Å². The first-order valence-electron chi connectivity index (χ1n) is 9.29. The fourth-order valence-corrected chi connectivity index (χ4v) is 3.69. The van der Waals surface area contributed by atoms with Crippen molar-refractivity contribution in [1.82, 2.24) is 9.88 Å². The van der Waals surface area contributed by atoms with E-state index in [9.17, 15) is 4.79 Å². The summed E-state index contributed by atoms with van der Waals surface area (Å²) in [5, 5.41) is 0. The van der Waals surface area contributed by atoms with Crippen LogP contribution >= 0.6 is 0 Å². The van der Waals surface area contributed by atoms with Gasteiger partial charge in [-0.2, -0.15) is 0 Å². The lowest BCUT2D eigenvalue weighted by Gasteiger charge is -2.35. The van der Waals surface area contributed by atoms with Crippen molar-refractivity contribution in [3.63, 3.8) is 0 Å². The van der Waals surface area contributed by atoms with Gasteiger partial charge in [0.05, 0.1) is 18.6 Å². The van der Waals surface area contributed by atoms with Crippen molar-refractivity contribution >= 4 is 5.91 Å². The molecule has 1 saturated heterocycles. The molecule has 1 fully saturated rings. The Bertz CT molecular complexity index is 742. The predicted octanol–water partition coefficient (Wildman–Crippen LogP) is 2.84. The van der Waals surface area contributed by atoms with E-state index in [1.807, 2.05) is 47.5 Å². The molecule has 0 saturated carbocycles. The maximum Gasteiger partial charge on any atom is 0.229 e. The summed E-state index contributed by atoms with van der Waals surface area (Å²) in [6, 6.07) is 11.9. The molecule has 1 amide bonds. The molecule has 0 radical (unpaired) electrons. The second-order valence-electron chi connectivity index (χ2n) is 7.02. The largest absolute Gasteiger partial charge is 0.492 e. The zero-order chi connectivity index (χ0) is 17.8. The molecule has 1 aromatic heterocycles. The number of likely N-dealkylation sites (tertiary alicyclic amines) is 1. The molecule has 0 bridgehead atoms. The number of carbonyl (C=O) groups is 1. The number of para-hydroxylation sites is 1. The minimum atomic E-state index is -0.0715. The Hall–Kier alpha value is -2.40. The Labute approximate surface area is 153 Å². The Morgan fingerprint density at radius 2 is 2.04 bits per heavy atom. The molecule has 0 N–H and O–H groups in total. The SMILES string of the molecule is O=C(C1COc2ccccc2C1)N1CCC(OCc2cccnc2)CC1. The van der Waals surface area contributed by atoms with E-state index in [1.165, 1.54) is 0 Å². The maximum absolute atomic E-state index is 12.8. The molecule has 0 aliphatic carbocycles. The highest BCUT2D eigenvalue weighted by Crippen LogP contribution is 2.28. The summed E-state index contributed by atoms with van der Waals surface area (Å²) in [5.41, 5.74) is 2.22. The van der Waals surface area contributed by atoms with E-state index in [0.717, 1.165) is 49.2 Å². The van der Waals surface area contributed by atoms with E-state index < -0.39 is 0 Å². The van der Waals surface area contributed by atoms with Crippen molar-refractivity contribution in [3.05, 3.63) is 59.9 Å². The van der Waals surface area contributed by atoms with Gasteiger partial charge in [0.1, 0.15) is 12.4 Å². The molecule has 2 aliphatic heterocycles. The Kier molecular flexibility index (Phi) is 5.16. The second-order valence-corrected chi connectivity index (χ2v) is 7.02. The summed E-state index contributed by atoms with van der Waals surface area (Å²) in [5.74, 6) is 1.06. The standard InChI is InChI=1S/C21H24N2O3/c24-21(18-12-17-5-1-2-6-20(17)26-15-18)23-10-7-19(8-11-23)25-14-16-4-3-9-22-13-16/h1-6,9,13,18-19H,7-8,10-12,14-15H2. The van der Waals surface area contributed by atoms with Crippen LogP contribution in [0, 0.1) is 5.92 Å². The van der Waals surface area contributed by atoms with Crippen LogP contribution in [-0.4, -0.2) is 41.6 Å². The van der Waals surface area contributed by atoms with Crippen molar-refractivity contribution in [1.29, 1.82) is 0 Å². The molecule has 2 aliphatic rings. The van der Waals surface area contributed by atoms with Gasteiger partial charge in [-0.05, 0) is 42.5 Å². The van der Waals surface area contributed by atoms with E-state index in [2.05, 4.69) is 4.98 Å². The lowest BCUT2D eigenvalue weighted by Crippen LogP contribution is -2.46. The zero-order valence-corrected chi connectivity index (χ0v) is 14.8. The molecular formula is C21H24N2O3. The van der Waals surface area contributed by atoms with Crippen LogP contribution in [0.4, 0.5) is 0 Å². The number of piperidine rings is 1. The first-order chi connectivity index (χ1) is 12.8. The number of nitrogens with zero attached hydrogens (tertiary/aromatic N) is 2. The Morgan fingerprint density at radius 1 is 1.19 bits per heavy atom. The molecule has 4 rings (SSSR count). The van der Waals surface area contributed by atoms with Crippen LogP contribution in [-0.2, 0) is 22.6 Å². The molecule has 26 heavy (non-hydrogen) atoms. The van der Waals surface area contributed by atoms with Crippen LogP contribution in [0.2, 0.25) is 0 Å². The smallest absolute Gasteiger partial charge is 0.229 e. The van der Waals surface area contributed by atoms with Crippen LogP contribution < -0.4 is 4.74 Å². The molecule has 0 spiro atoms. The molecule has 5 nitrogen and oxygen atoms in total. The lowest BCUT2D eigenvalue weighted by atomic mass is 9.94. The van der Waals surface area contributed by atoms with Gasteiger partial charge in [0.25, 0.3) is 0 Å². The van der Waals surface area contributed by atoms with Gasteiger partial charge in [0.15, 0.2) is 0 Å². The first kappa shape index (κ1) is 17.0. The van der Waals surface area contributed by atoms with Crippen LogP contribution in [0.1, 0.15) is 24.0 Å². The summed E-state index contributed by atoms with van der Waals surface area (Å²) < 4.78 is 11.8. The quantitative estimate of drug-likeness (QED) is 0.849. The number of hydrogen-bond acceptors (Lipinski definition) is 4. The number of benzene rings is 1. The van der Waals surface area contributed by atoms with Crippen molar-refractivity contribution < 1.29 is 14.3 Å². The van der Waals surface area contributed by atoms with Crippen LogP contribution in [0.25, 0.3) is 0 Å². The number of rotatable bonds is 4. The average Bonchev–Trinajstić information content (AvgIpc) is 2.72. The summed E-state index contributed by atoms with van der Waals surface area (Å²) in [4.78, 5) is 18.9. The molecule has 3 heterocycles. The van der Waals surface area contributed by atoms with Gasteiger partial charge in [0, 0.05) is 25.5 Å². The maximum atomic E-state index is 12.8. The van der Waals surface area contributed by atoms with E-state index in [-0.39, 0.29) is 17.9 Å². The molecule has 136 valence electrons. The number of aromatic nitrogens is 1. The van der Waals surface area contributed by atoms with Crippen molar-refractivity contribution in [2.24, 2.45) is 5.92 Å². The Morgan fingerprint density at radius 3 is 2.85 bits per heavy atom. The Balaban J connectivity index is 1.26. The van der Waals surface area contributed by atoms with Gasteiger partial charge in [-0.3, -0.25) is 9.78 Å². The zero-order valence-electron chi connectivity index (χ0n) is 14.8. The molecular weight excluding hydrogens is 328 g/mol. The molecule has 5 heteroatoms. The van der Waals surface area contributed by atoms with Crippen molar-refractivity contribution in [2.75, 3.05) is 19.7 Å². The number of fused-ring (bicyclic) bond motifs is 1. The predicted molar refractivity (Wildman–Crippen MR) is 97.8 cm³/mol. The number of ether oxygens (including phenoxy) is 2. The summed E-state index contributed by atoms with van der Waals surface area (Å²) >= 11 is 0. The molecule has 1 aromatic carbocycles. The van der Waals surface area contributed by atoms with Crippen LogP contribution in [0.3, 0.4) is 0 Å². The number of amides is 1.